The second kappa shape index (κ2) is 7.23. The number of rotatable bonds is 3. The third kappa shape index (κ3) is 3.54. The number of aromatic amines is 1. The molecular formula is C21H21N5O5. The third-order valence-electron chi connectivity index (χ3n) is 4.82. The van der Waals surface area contributed by atoms with Gasteiger partial charge in [-0.05, 0) is 19.8 Å². The summed E-state index contributed by atoms with van der Waals surface area (Å²) in [7, 11) is 1.58. The Morgan fingerprint density at radius 1 is 1.26 bits per heavy atom. The number of pyridine rings is 1. The van der Waals surface area contributed by atoms with Crippen molar-refractivity contribution in [2.45, 2.75) is 39.4 Å². The van der Waals surface area contributed by atoms with Crippen molar-refractivity contribution in [2.24, 2.45) is 7.05 Å². The third-order valence-corrected chi connectivity index (χ3v) is 4.82. The van der Waals surface area contributed by atoms with Crippen molar-refractivity contribution < 1.29 is 19.2 Å². The van der Waals surface area contributed by atoms with Gasteiger partial charge >= 0.3 is 0 Å². The molecule has 4 aromatic rings. The van der Waals surface area contributed by atoms with Crippen LogP contribution in [0.15, 0.2) is 26.0 Å². The quantitative estimate of drug-likeness (QED) is 0.334. The van der Waals surface area contributed by atoms with Crippen molar-refractivity contribution >= 4 is 10.9 Å². The molecule has 10 nitrogen and oxygen atoms in total. The average molecular weight is 423 g/mol. The number of H-pyrrole nitrogens is 1. The van der Waals surface area contributed by atoms with Crippen molar-refractivity contribution in [3.8, 4) is 23.3 Å². The van der Waals surface area contributed by atoms with E-state index in [1.807, 2.05) is 13.8 Å². The predicted molar refractivity (Wildman–Crippen MR) is 110 cm³/mol. The summed E-state index contributed by atoms with van der Waals surface area (Å²) in [6, 6.07) is 1.38. The van der Waals surface area contributed by atoms with Crippen LogP contribution in [0.25, 0.3) is 22.4 Å². The summed E-state index contributed by atoms with van der Waals surface area (Å²) in [6.45, 7) is 7.27. The van der Waals surface area contributed by atoms with E-state index >= 15 is 0 Å². The van der Waals surface area contributed by atoms with Crippen LogP contribution in [0.5, 0.6) is 0 Å². The van der Waals surface area contributed by atoms with Crippen molar-refractivity contribution in [1.29, 1.82) is 0 Å². The highest BCUT2D eigenvalue weighted by atomic mass is 16.5. The molecule has 0 fully saturated rings. The Balaban J connectivity index is 1.94. The standard InChI is InChI=1S/C21H21N5O5/c1-10(2)18-23-24-19(30-18)15-12(4)22-17-16(15)13(9-26(5)20(17)27)6-7-21(28,29)14-8-11(3)31-25-14/h8-10,22,28-29H,1-5H3. The molecule has 0 aliphatic heterocycles. The monoisotopic (exact) mass is 423 g/mol. The summed E-state index contributed by atoms with van der Waals surface area (Å²) in [5.41, 5.74) is 1.44. The molecule has 0 aliphatic rings. The maximum absolute atomic E-state index is 12.7. The Labute approximate surface area is 176 Å². The van der Waals surface area contributed by atoms with Crippen LogP contribution in [-0.4, -0.2) is 35.1 Å². The molecule has 0 radical (unpaired) electrons. The molecule has 160 valence electrons. The van der Waals surface area contributed by atoms with Gasteiger partial charge in [0.25, 0.3) is 11.3 Å². The molecule has 0 atom stereocenters. The van der Waals surface area contributed by atoms with Crippen molar-refractivity contribution in [3.63, 3.8) is 0 Å². The van der Waals surface area contributed by atoms with E-state index in [9.17, 15) is 15.0 Å². The van der Waals surface area contributed by atoms with Crippen LogP contribution >= 0.6 is 0 Å². The van der Waals surface area contributed by atoms with Crippen LogP contribution < -0.4 is 5.56 Å². The lowest BCUT2D eigenvalue weighted by atomic mass is 10.1. The lowest BCUT2D eigenvalue weighted by Gasteiger charge is -2.10. The summed E-state index contributed by atoms with van der Waals surface area (Å²) in [4.78, 5) is 15.8. The van der Waals surface area contributed by atoms with Crippen LogP contribution in [0, 0.1) is 25.7 Å². The zero-order chi connectivity index (χ0) is 22.5. The van der Waals surface area contributed by atoms with E-state index < -0.39 is 5.79 Å². The van der Waals surface area contributed by atoms with Gasteiger partial charge < -0.3 is 28.7 Å². The number of nitrogens with zero attached hydrogens (tertiary/aromatic N) is 4. The van der Waals surface area contributed by atoms with Crippen LogP contribution in [-0.2, 0) is 12.8 Å². The first-order chi connectivity index (χ1) is 14.6. The van der Waals surface area contributed by atoms with Gasteiger partial charge in [0.05, 0.1) is 11.1 Å². The van der Waals surface area contributed by atoms with Crippen LogP contribution in [0.2, 0.25) is 0 Å². The number of hydrogen-bond donors (Lipinski definition) is 3. The second-order valence-electron chi connectivity index (χ2n) is 7.68. The predicted octanol–water partition coefficient (Wildman–Crippen LogP) is 1.83. The SMILES string of the molecule is Cc1cc(C(O)(O)C#Cc2cn(C)c(=O)c3[nH]c(C)c(-c4nnc(C(C)C)o4)c23)no1. The molecule has 4 heterocycles. The summed E-state index contributed by atoms with van der Waals surface area (Å²) in [5, 5.41) is 33.0. The van der Waals surface area contributed by atoms with Crippen molar-refractivity contribution in [3.05, 3.63) is 51.2 Å². The zero-order valence-electron chi connectivity index (χ0n) is 17.6. The van der Waals surface area contributed by atoms with E-state index in [4.69, 9.17) is 8.94 Å². The lowest BCUT2D eigenvalue weighted by molar-refractivity contribution is -0.120. The highest BCUT2D eigenvalue weighted by molar-refractivity contribution is 5.99. The topological polar surface area (TPSA) is 143 Å². The van der Waals surface area contributed by atoms with Gasteiger partial charge in [-0.3, -0.25) is 4.79 Å². The molecule has 0 saturated carbocycles. The van der Waals surface area contributed by atoms with Gasteiger partial charge in [0.15, 0.2) is 5.69 Å². The Morgan fingerprint density at radius 2 is 2.00 bits per heavy atom. The summed E-state index contributed by atoms with van der Waals surface area (Å²) < 4.78 is 12.1. The Kier molecular flexibility index (Phi) is 4.80. The molecule has 0 amide bonds. The molecule has 0 spiro atoms. The highest BCUT2D eigenvalue weighted by Crippen LogP contribution is 2.33. The second-order valence-corrected chi connectivity index (χ2v) is 7.68. The van der Waals surface area contributed by atoms with Gasteiger partial charge in [-0.15, -0.1) is 10.2 Å². The molecule has 0 bridgehead atoms. The van der Waals surface area contributed by atoms with E-state index in [1.165, 1.54) is 16.8 Å². The smallest absolute Gasteiger partial charge is 0.277 e. The maximum atomic E-state index is 12.7. The number of aromatic nitrogens is 5. The molecule has 10 heteroatoms. The van der Waals surface area contributed by atoms with Gasteiger partial charge in [-0.25, -0.2) is 0 Å². The van der Waals surface area contributed by atoms with Crippen LogP contribution in [0.3, 0.4) is 0 Å². The number of hydrogen-bond acceptors (Lipinski definition) is 8. The molecule has 0 unspecified atom stereocenters. The van der Waals surface area contributed by atoms with Crippen molar-refractivity contribution in [1.82, 2.24) is 24.9 Å². The normalized spacial score (nSPS) is 11.9. The van der Waals surface area contributed by atoms with Gasteiger partial charge in [0.2, 0.25) is 11.8 Å². The van der Waals surface area contributed by atoms with E-state index in [0.29, 0.717) is 39.4 Å². The fourth-order valence-electron chi connectivity index (χ4n) is 3.23. The minimum Gasteiger partial charge on any atom is -0.420 e. The van der Waals surface area contributed by atoms with Gasteiger partial charge in [0.1, 0.15) is 11.3 Å². The van der Waals surface area contributed by atoms with Gasteiger partial charge in [-0.2, -0.15) is 0 Å². The first-order valence-corrected chi connectivity index (χ1v) is 9.56. The molecule has 3 N–H and O–H groups in total. The van der Waals surface area contributed by atoms with E-state index in [-0.39, 0.29) is 23.1 Å². The van der Waals surface area contributed by atoms with E-state index in [2.05, 4.69) is 32.2 Å². The fourth-order valence-corrected chi connectivity index (χ4v) is 3.23. The molecule has 0 aliphatic carbocycles. The zero-order valence-corrected chi connectivity index (χ0v) is 17.6. The van der Waals surface area contributed by atoms with Crippen LogP contribution in [0.1, 0.15) is 48.4 Å². The Bertz CT molecular complexity index is 1410. The van der Waals surface area contributed by atoms with E-state index in [1.54, 1.807) is 20.9 Å². The van der Waals surface area contributed by atoms with Gasteiger partial charge in [-0.1, -0.05) is 24.9 Å². The minimum absolute atomic E-state index is 0.0363. The molecule has 4 rings (SSSR count). The van der Waals surface area contributed by atoms with Gasteiger partial charge in [0, 0.05) is 36.3 Å². The number of aliphatic hydroxyl groups is 2. The molecule has 31 heavy (non-hydrogen) atoms. The average Bonchev–Trinajstić information content (AvgIpc) is 3.42. The largest absolute Gasteiger partial charge is 0.420 e. The molecular weight excluding hydrogens is 402 g/mol. The first kappa shape index (κ1) is 20.6. The fraction of sp³-hybridized carbons (Fsp3) is 0.333. The molecule has 4 aromatic heterocycles. The van der Waals surface area contributed by atoms with Crippen molar-refractivity contribution in [2.75, 3.05) is 0 Å². The lowest BCUT2D eigenvalue weighted by Crippen LogP contribution is -2.23. The highest BCUT2D eigenvalue weighted by Gasteiger charge is 2.28. The first-order valence-electron chi connectivity index (χ1n) is 9.56. The molecule has 0 aromatic carbocycles. The number of fused-ring (bicyclic) bond motifs is 1. The molecule has 0 saturated heterocycles. The summed E-state index contributed by atoms with van der Waals surface area (Å²) >= 11 is 0. The van der Waals surface area contributed by atoms with E-state index in [0.717, 1.165) is 0 Å². The van der Waals surface area contributed by atoms with Crippen LogP contribution in [0.4, 0.5) is 0 Å². The Hall–Kier alpha value is -3.68. The number of nitrogens with one attached hydrogen (secondary N) is 1. The summed E-state index contributed by atoms with van der Waals surface area (Å²) in [6.07, 6.45) is 1.51. The number of aryl methyl sites for hydroxylation is 3. The minimum atomic E-state index is -2.54. The summed E-state index contributed by atoms with van der Waals surface area (Å²) in [5.74, 6) is 3.77. The Morgan fingerprint density at radius 3 is 2.61 bits per heavy atom. The maximum Gasteiger partial charge on any atom is 0.277 e.